The summed E-state index contributed by atoms with van der Waals surface area (Å²) >= 11 is 4.77. The van der Waals surface area contributed by atoms with Crippen molar-refractivity contribution in [3.63, 3.8) is 0 Å². The number of nitrogens with zero attached hydrogens (tertiary/aromatic N) is 2. The van der Waals surface area contributed by atoms with E-state index < -0.39 is 0 Å². The Kier molecular flexibility index (Phi) is 7.75. The summed E-state index contributed by atoms with van der Waals surface area (Å²) in [6.45, 7) is 1.20. The van der Waals surface area contributed by atoms with Crippen LogP contribution in [0.1, 0.15) is 18.4 Å². The molecule has 0 unspecified atom stereocenters. The second-order valence-corrected chi connectivity index (χ2v) is 5.07. The van der Waals surface area contributed by atoms with E-state index in [1.165, 1.54) is 5.56 Å². The number of thiocarbonyl (C=S) groups is 1. The second kappa shape index (κ2) is 9.39. The molecular formula is C14H21N3O2S. The number of likely N-dealkylation sites (N-methyl/N-ethyl adjacent to an activating group) is 1. The number of nitrogens with two attached hydrogens (primary N) is 1. The number of ether oxygens (including phenoxy) is 1. The molecule has 1 rings (SSSR count). The van der Waals surface area contributed by atoms with E-state index in [1.54, 1.807) is 24.3 Å². The third-order valence-electron chi connectivity index (χ3n) is 2.85. The standard InChI is InChI=1S/C14H21N3O2S/c1-17(9-6-13(15)20)14(18)11-19-10-2-3-12-4-7-16-8-5-12/h4-5,7-8H,2-3,6,9-11H2,1H3,(H2,15,20). The Bertz CT molecular complexity index is 426. The van der Waals surface area contributed by atoms with Gasteiger partial charge in [-0.3, -0.25) is 9.78 Å². The van der Waals surface area contributed by atoms with Gasteiger partial charge in [0.2, 0.25) is 5.91 Å². The molecule has 0 radical (unpaired) electrons. The lowest BCUT2D eigenvalue weighted by atomic mass is 10.1. The molecule has 0 saturated carbocycles. The lowest BCUT2D eigenvalue weighted by molar-refractivity contribution is -0.134. The molecule has 0 aliphatic rings. The number of aromatic nitrogens is 1. The molecule has 0 bridgehead atoms. The number of carbonyl (C=O) groups excluding carboxylic acids is 1. The second-order valence-electron chi connectivity index (χ2n) is 4.54. The van der Waals surface area contributed by atoms with Crippen molar-refractivity contribution in [1.29, 1.82) is 0 Å². The highest BCUT2D eigenvalue weighted by molar-refractivity contribution is 7.80. The first kappa shape index (κ1) is 16.5. The molecular weight excluding hydrogens is 274 g/mol. The number of rotatable bonds is 9. The van der Waals surface area contributed by atoms with E-state index in [2.05, 4.69) is 4.98 Å². The Labute approximate surface area is 125 Å². The minimum Gasteiger partial charge on any atom is -0.393 e. The number of carbonyl (C=O) groups is 1. The van der Waals surface area contributed by atoms with Crippen LogP contribution in [-0.2, 0) is 16.0 Å². The molecule has 20 heavy (non-hydrogen) atoms. The minimum absolute atomic E-state index is 0.0508. The molecule has 0 atom stereocenters. The number of amides is 1. The molecule has 0 saturated heterocycles. The van der Waals surface area contributed by atoms with Gasteiger partial charge in [-0.15, -0.1) is 0 Å². The fourth-order valence-corrected chi connectivity index (χ4v) is 1.69. The molecule has 110 valence electrons. The summed E-state index contributed by atoms with van der Waals surface area (Å²) in [4.78, 5) is 17.7. The first-order chi connectivity index (χ1) is 9.59. The van der Waals surface area contributed by atoms with E-state index >= 15 is 0 Å². The summed E-state index contributed by atoms with van der Waals surface area (Å²) < 4.78 is 5.37. The minimum atomic E-state index is -0.0508. The van der Waals surface area contributed by atoms with Gasteiger partial charge in [0.25, 0.3) is 0 Å². The van der Waals surface area contributed by atoms with Gasteiger partial charge in [-0.1, -0.05) is 12.2 Å². The molecule has 2 N–H and O–H groups in total. The number of hydrogen-bond acceptors (Lipinski definition) is 4. The van der Waals surface area contributed by atoms with E-state index in [0.29, 0.717) is 24.6 Å². The Balaban J connectivity index is 2.08. The average molecular weight is 295 g/mol. The highest BCUT2D eigenvalue weighted by atomic mass is 32.1. The molecule has 0 aliphatic heterocycles. The maximum atomic E-state index is 11.7. The number of aryl methyl sites for hydroxylation is 1. The zero-order chi connectivity index (χ0) is 14.8. The monoisotopic (exact) mass is 295 g/mol. The molecule has 0 aromatic carbocycles. The maximum absolute atomic E-state index is 11.7. The van der Waals surface area contributed by atoms with Gasteiger partial charge in [0.1, 0.15) is 6.61 Å². The van der Waals surface area contributed by atoms with Crippen LogP contribution < -0.4 is 5.73 Å². The van der Waals surface area contributed by atoms with Crippen LogP contribution in [0, 0.1) is 0 Å². The van der Waals surface area contributed by atoms with Crippen molar-refractivity contribution >= 4 is 23.1 Å². The van der Waals surface area contributed by atoms with Crippen molar-refractivity contribution in [2.45, 2.75) is 19.3 Å². The Morgan fingerprint density at radius 1 is 1.45 bits per heavy atom. The van der Waals surface area contributed by atoms with E-state index in [-0.39, 0.29) is 12.5 Å². The lowest BCUT2D eigenvalue weighted by Gasteiger charge is -2.16. The van der Waals surface area contributed by atoms with Crippen LogP contribution in [-0.4, -0.2) is 47.6 Å². The van der Waals surface area contributed by atoms with Gasteiger partial charge in [0.15, 0.2) is 0 Å². The summed E-state index contributed by atoms with van der Waals surface area (Å²) in [7, 11) is 1.72. The quantitative estimate of drug-likeness (QED) is 0.547. The van der Waals surface area contributed by atoms with Crippen LogP contribution in [0.5, 0.6) is 0 Å². The largest absolute Gasteiger partial charge is 0.393 e. The fourth-order valence-electron chi connectivity index (χ4n) is 1.60. The van der Waals surface area contributed by atoms with Crippen molar-refractivity contribution in [3.05, 3.63) is 30.1 Å². The van der Waals surface area contributed by atoms with Crippen molar-refractivity contribution in [2.24, 2.45) is 5.73 Å². The van der Waals surface area contributed by atoms with Gasteiger partial charge in [-0.05, 0) is 30.5 Å². The predicted octanol–water partition coefficient (Wildman–Crippen LogP) is 1.17. The molecule has 1 heterocycles. The van der Waals surface area contributed by atoms with Crippen LogP contribution in [0.4, 0.5) is 0 Å². The molecule has 1 aromatic rings. The van der Waals surface area contributed by atoms with Gasteiger partial charge in [-0.25, -0.2) is 0 Å². The topological polar surface area (TPSA) is 68.5 Å². The average Bonchev–Trinajstić information content (AvgIpc) is 2.45. The summed E-state index contributed by atoms with van der Waals surface area (Å²) in [6, 6.07) is 3.96. The van der Waals surface area contributed by atoms with Gasteiger partial charge < -0.3 is 15.4 Å². The van der Waals surface area contributed by atoms with Crippen LogP contribution >= 0.6 is 12.2 Å². The van der Waals surface area contributed by atoms with Crippen LogP contribution in [0.2, 0.25) is 0 Å². The first-order valence-corrected chi connectivity index (χ1v) is 6.99. The molecule has 0 spiro atoms. The summed E-state index contributed by atoms with van der Waals surface area (Å²) in [5, 5.41) is 0. The normalized spacial score (nSPS) is 10.2. The molecule has 0 aliphatic carbocycles. The van der Waals surface area contributed by atoms with Crippen molar-refractivity contribution < 1.29 is 9.53 Å². The van der Waals surface area contributed by atoms with Crippen LogP contribution in [0.3, 0.4) is 0 Å². The summed E-state index contributed by atoms with van der Waals surface area (Å²) in [6.07, 6.45) is 5.90. The predicted molar refractivity (Wildman–Crippen MR) is 82.4 cm³/mol. The zero-order valence-electron chi connectivity index (χ0n) is 11.7. The molecule has 6 heteroatoms. The first-order valence-electron chi connectivity index (χ1n) is 6.58. The molecule has 5 nitrogen and oxygen atoms in total. The SMILES string of the molecule is CN(CCC(N)=S)C(=O)COCCCc1ccncc1. The summed E-state index contributed by atoms with van der Waals surface area (Å²) in [5.41, 5.74) is 6.62. The van der Waals surface area contributed by atoms with E-state index in [9.17, 15) is 4.79 Å². The zero-order valence-corrected chi connectivity index (χ0v) is 12.6. The Hall–Kier alpha value is -1.53. The van der Waals surface area contributed by atoms with Crippen molar-refractivity contribution in [1.82, 2.24) is 9.88 Å². The lowest BCUT2D eigenvalue weighted by Crippen LogP contribution is -2.33. The van der Waals surface area contributed by atoms with Crippen LogP contribution in [0.15, 0.2) is 24.5 Å². The van der Waals surface area contributed by atoms with E-state index in [4.69, 9.17) is 22.7 Å². The van der Waals surface area contributed by atoms with Gasteiger partial charge in [0, 0.05) is 39.0 Å². The Morgan fingerprint density at radius 3 is 2.80 bits per heavy atom. The molecule has 1 amide bonds. The van der Waals surface area contributed by atoms with Crippen molar-refractivity contribution in [3.8, 4) is 0 Å². The van der Waals surface area contributed by atoms with Gasteiger partial charge >= 0.3 is 0 Å². The van der Waals surface area contributed by atoms with Crippen molar-refractivity contribution in [2.75, 3.05) is 26.8 Å². The third-order valence-corrected chi connectivity index (χ3v) is 3.05. The number of pyridine rings is 1. The smallest absolute Gasteiger partial charge is 0.248 e. The van der Waals surface area contributed by atoms with Gasteiger partial charge in [0.05, 0.1) is 4.99 Å². The van der Waals surface area contributed by atoms with Gasteiger partial charge in [-0.2, -0.15) is 0 Å². The summed E-state index contributed by atoms with van der Waals surface area (Å²) in [5.74, 6) is -0.0508. The molecule has 0 fully saturated rings. The van der Waals surface area contributed by atoms with E-state index in [1.807, 2.05) is 12.1 Å². The fraction of sp³-hybridized carbons (Fsp3) is 0.500. The third kappa shape index (κ3) is 7.16. The number of hydrogen-bond donors (Lipinski definition) is 1. The van der Waals surface area contributed by atoms with Crippen LogP contribution in [0.25, 0.3) is 0 Å². The highest BCUT2D eigenvalue weighted by Gasteiger charge is 2.08. The molecule has 1 aromatic heterocycles. The Morgan fingerprint density at radius 2 is 2.15 bits per heavy atom. The highest BCUT2D eigenvalue weighted by Crippen LogP contribution is 2.01. The maximum Gasteiger partial charge on any atom is 0.248 e. The van der Waals surface area contributed by atoms with E-state index in [0.717, 1.165) is 12.8 Å².